The zero-order valence-corrected chi connectivity index (χ0v) is 16.5. The van der Waals surface area contributed by atoms with Crippen LogP contribution < -0.4 is 0 Å². The third kappa shape index (κ3) is 2.40. The maximum Gasteiger partial charge on any atom is 0.365 e. The number of benzene rings is 1. The van der Waals surface area contributed by atoms with Gasteiger partial charge in [0.15, 0.2) is 0 Å². The summed E-state index contributed by atoms with van der Waals surface area (Å²) in [7, 11) is 3.60. The third-order valence-electron chi connectivity index (χ3n) is 7.08. The highest BCUT2D eigenvalue weighted by molar-refractivity contribution is 6.02. The molecule has 0 N–H and O–H groups in total. The molecular formula is C21H28N2O3. The third-order valence-corrected chi connectivity index (χ3v) is 7.08. The highest BCUT2D eigenvalue weighted by Gasteiger charge is 2.72. The van der Waals surface area contributed by atoms with Crippen molar-refractivity contribution in [1.29, 1.82) is 0 Å². The van der Waals surface area contributed by atoms with Crippen molar-refractivity contribution in [3.05, 3.63) is 35.4 Å². The van der Waals surface area contributed by atoms with Gasteiger partial charge in [-0.25, -0.2) is 4.79 Å². The Morgan fingerprint density at radius 3 is 2.27 bits per heavy atom. The molecule has 0 spiro atoms. The number of carbonyl (C=O) groups excluding carboxylic acids is 2. The first-order valence-electron chi connectivity index (χ1n) is 9.12. The molecule has 0 aromatic heterocycles. The predicted octanol–water partition coefficient (Wildman–Crippen LogP) is 3.81. The molecule has 3 rings (SSSR count). The Hall–Kier alpha value is -2.17. The van der Waals surface area contributed by atoms with Crippen LogP contribution in [0.5, 0.6) is 0 Å². The summed E-state index contributed by atoms with van der Waals surface area (Å²) >= 11 is 0. The minimum atomic E-state index is -0.472. The van der Waals surface area contributed by atoms with Gasteiger partial charge in [-0.1, -0.05) is 43.6 Å². The molecular weight excluding hydrogens is 328 g/mol. The zero-order valence-electron chi connectivity index (χ0n) is 16.5. The van der Waals surface area contributed by atoms with Gasteiger partial charge in [-0.3, -0.25) is 4.79 Å². The molecule has 26 heavy (non-hydrogen) atoms. The SMILES string of the molecule is Cc1ccc(C(=O)O/N=C2/CC3(C(=O)N(C)C)CCC2(C)C3(C)C)cc1. The summed E-state index contributed by atoms with van der Waals surface area (Å²) < 4.78 is 0. The van der Waals surface area contributed by atoms with E-state index in [0.29, 0.717) is 12.0 Å². The number of fused-ring (bicyclic) bond motifs is 2. The molecule has 2 aliphatic carbocycles. The number of aryl methyl sites for hydroxylation is 1. The first kappa shape index (κ1) is 18.6. The molecule has 1 aromatic carbocycles. The number of amides is 1. The van der Waals surface area contributed by atoms with E-state index in [1.54, 1.807) is 31.1 Å². The lowest BCUT2D eigenvalue weighted by atomic mass is 9.64. The van der Waals surface area contributed by atoms with Crippen LogP contribution in [0.4, 0.5) is 0 Å². The summed E-state index contributed by atoms with van der Waals surface area (Å²) in [5.41, 5.74) is 1.43. The van der Waals surface area contributed by atoms with Crippen LogP contribution in [0.2, 0.25) is 0 Å². The molecule has 2 unspecified atom stereocenters. The Morgan fingerprint density at radius 1 is 1.08 bits per heavy atom. The van der Waals surface area contributed by atoms with Crippen LogP contribution in [0.15, 0.2) is 29.4 Å². The first-order chi connectivity index (χ1) is 12.0. The standard InChI is InChI=1S/C21H28N2O3/c1-14-7-9-15(10-8-14)17(24)26-22-16-13-21(18(25)23(5)6)12-11-20(16,4)19(21,2)3/h7-10H,11-13H2,1-6H3/b22-16-. The number of nitrogens with zero attached hydrogens (tertiary/aromatic N) is 2. The highest BCUT2D eigenvalue weighted by Crippen LogP contribution is 2.71. The predicted molar refractivity (Wildman–Crippen MR) is 101 cm³/mol. The van der Waals surface area contributed by atoms with Crippen molar-refractivity contribution in [3.8, 4) is 0 Å². The lowest BCUT2D eigenvalue weighted by molar-refractivity contribution is -0.144. The van der Waals surface area contributed by atoms with Crippen molar-refractivity contribution in [2.45, 2.75) is 47.0 Å². The Morgan fingerprint density at radius 2 is 1.69 bits per heavy atom. The molecule has 2 atom stereocenters. The topological polar surface area (TPSA) is 59.0 Å². The van der Waals surface area contributed by atoms with Gasteiger partial charge in [0.1, 0.15) is 0 Å². The molecule has 1 aromatic rings. The van der Waals surface area contributed by atoms with Crippen LogP contribution in [0.25, 0.3) is 0 Å². The van der Waals surface area contributed by atoms with Gasteiger partial charge in [-0.15, -0.1) is 0 Å². The van der Waals surface area contributed by atoms with Crippen molar-refractivity contribution < 1.29 is 14.4 Å². The average Bonchev–Trinajstić information content (AvgIpc) is 2.89. The lowest BCUT2D eigenvalue weighted by Crippen LogP contribution is -2.46. The molecule has 2 fully saturated rings. The fourth-order valence-electron chi connectivity index (χ4n) is 4.76. The fraction of sp³-hybridized carbons (Fsp3) is 0.571. The second-order valence-corrected chi connectivity index (χ2v) is 8.70. The molecule has 0 radical (unpaired) electrons. The van der Waals surface area contributed by atoms with E-state index in [0.717, 1.165) is 24.1 Å². The highest BCUT2D eigenvalue weighted by atomic mass is 16.7. The van der Waals surface area contributed by atoms with Crippen molar-refractivity contribution >= 4 is 17.6 Å². The van der Waals surface area contributed by atoms with Gasteiger partial charge in [0.2, 0.25) is 5.91 Å². The van der Waals surface area contributed by atoms with Crippen LogP contribution in [0.1, 0.15) is 56.0 Å². The van der Waals surface area contributed by atoms with E-state index in [1.807, 2.05) is 19.1 Å². The van der Waals surface area contributed by atoms with Gasteiger partial charge < -0.3 is 9.74 Å². The summed E-state index contributed by atoms with van der Waals surface area (Å²) in [6.07, 6.45) is 2.27. The minimum absolute atomic E-state index is 0.140. The fourth-order valence-corrected chi connectivity index (χ4v) is 4.76. The molecule has 2 aliphatic rings. The second-order valence-electron chi connectivity index (χ2n) is 8.70. The summed E-state index contributed by atoms with van der Waals surface area (Å²) in [5.74, 6) is -0.323. The minimum Gasteiger partial charge on any atom is -0.348 e. The Labute approximate surface area is 155 Å². The van der Waals surface area contributed by atoms with Crippen LogP contribution in [0, 0.1) is 23.2 Å². The van der Waals surface area contributed by atoms with E-state index in [9.17, 15) is 9.59 Å². The van der Waals surface area contributed by atoms with E-state index in [2.05, 4.69) is 25.9 Å². The van der Waals surface area contributed by atoms with Crippen molar-refractivity contribution in [2.75, 3.05) is 14.1 Å². The molecule has 0 saturated heterocycles. The molecule has 1 amide bonds. The lowest BCUT2D eigenvalue weighted by Gasteiger charge is -2.40. The van der Waals surface area contributed by atoms with Crippen LogP contribution in [-0.2, 0) is 9.63 Å². The van der Waals surface area contributed by atoms with Gasteiger partial charge in [0.05, 0.1) is 16.7 Å². The molecule has 5 nitrogen and oxygen atoms in total. The Bertz CT molecular complexity index is 779. The van der Waals surface area contributed by atoms with E-state index in [4.69, 9.17) is 4.84 Å². The number of carbonyl (C=O) groups is 2. The van der Waals surface area contributed by atoms with Crippen LogP contribution >= 0.6 is 0 Å². The van der Waals surface area contributed by atoms with Crippen LogP contribution in [-0.4, -0.2) is 36.6 Å². The van der Waals surface area contributed by atoms with E-state index >= 15 is 0 Å². The summed E-state index contributed by atoms with van der Waals surface area (Å²) in [5, 5.41) is 4.26. The zero-order chi connectivity index (χ0) is 19.3. The molecule has 2 saturated carbocycles. The Kier molecular flexibility index (Phi) is 4.25. The smallest absolute Gasteiger partial charge is 0.348 e. The molecule has 140 valence electrons. The van der Waals surface area contributed by atoms with E-state index in [-0.39, 0.29) is 16.7 Å². The van der Waals surface area contributed by atoms with Crippen molar-refractivity contribution in [1.82, 2.24) is 4.90 Å². The number of hydrogen-bond acceptors (Lipinski definition) is 4. The number of rotatable bonds is 3. The molecule has 2 bridgehead atoms. The monoisotopic (exact) mass is 356 g/mol. The van der Waals surface area contributed by atoms with Gasteiger partial charge >= 0.3 is 5.97 Å². The maximum atomic E-state index is 13.0. The first-order valence-corrected chi connectivity index (χ1v) is 9.12. The van der Waals surface area contributed by atoms with Crippen molar-refractivity contribution in [3.63, 3.8) is 0 Å². The van der Waals surface area contributed by atoms with Crippen LogP contribution in [0.3, 0.4) is 0 Å². The van der Waals surface area contributed by atoms with Gasteiger partial charge in [0, 0.05) is 25.9 Å². The van der Waals surface area contributed by atoms with Gasteiger partial charge in [-0.05, 0) is 37.3 Å². The van der Waals surface area contributed by atoms with Crippen molar-refractivity contribution in [2.24, 2.45) is 21.4 Å². The maximum absolute atomic E-state index is 13.0. The normalized spacial score (nSPS) is 30.5. The van der Waals surface area contributed by atoms with Gasteiger partial charge in [0.25, 0.3) is 0 Å². The molecule has 0 heterocycles. The molecule has 0 aliphatic heterocycles. The van der Waals surface area contributed by atoms with E-state index in [1.165, 1.54) is 0 Å². The second kappa shape index (κ2) is 5.93. The largest absolute Gasteiger partial charge is 0.365 e. The summed E-state index contributed by atoms with van der Waals surface area (Å²) in [4.78, 5) is 32.2. The quantitative estimate of drug-likeness (QED) is 0.611. The average molecular weight is 356 g/mol. The van der Waals surface area contributed by atoms with Gasteiger partial charge in [-0.2, -0.15) is 0 Å². The number of oxime groups is 1. The summed E-state index contributed by atoms with van der Waals surface area (Å²) in [6, 6.07) is 7.22. The summed E-state index contributed by atoms with van der Waals surface area (Å²) in [6.45, 7) is 8.40. The number of hydrogen-bond donors (Lipinski definition) is 0. The Balaban J connectivity index is 1.88. The van der Waals surface area contributed by atoms with E-state index < -0.39 is 11.4 Å². The molecule has 5 heteroatoms.